The number of phenolic OH excluding ortho intramolecular Hbond substituents is 1. The summed E-state index contributed by atoms with van der Waals surface area (Å²) >= 11 is 0. The zero-order valence-electron chi connectivity index (χ0n) is 11.6. The van der Waals surface area contributed by atoms with Crippen LogP contribution in [0.2, 0.25) is 0 Å². The molecule has 1 unspecified atom stereocenters. The molecule has 0 heterocycles. The van der Waals surface area contributed by atoms with E-state index < -0.39 is 6.10 Å². The first-order valence-corrected chi connectivity index (χ1v) is 6.50. The molecule has 19 heavy (non-hydrogen) atoms. The van der Waals surface area contributed by atoms with E-state index in [1.807, 2.05) is 26.0 Å². The summed E-state index contributed by atoms with van der Waals surface area (Å²) in [5, 5.41) is 22.8. The van der Waals surface area contributed by atoms with Crippen molar-refractivity contribution in [2.45, 2.75) is 32.4 Å². The Kier molecular flexibility index (Phi) is 6.39. The monoisotopic (exact) mass is 265 g/mol. The van der Waals surface area contributed by atoms with E-state index in [9.17, 15) is 10.2 Å². The van der Waals surface area contributed by atoms with Crippen LogP contribution in [0.1, 0.15) is 19.4 Å². The van der Waals surface area contributed by atoms with Crippen LogP contribution in [0.5, 0.6) is 11.5 Å². The van der Waals surface area contributed by atoms with Gasteiger partial charge in [-0.1, -0.05) is 32.1 Å². The summed E-state index contributed by atoms with van der Waals surface area (Å²) in [6, 6.07) is 5.64. The minimum Gasteiger partial charge on any atom is -0.504 e. The number of aliphatic hydroxyl groups is 1. The summed E-state index contributed by atoms with van der Waals surface area (Å²) in [6.45, 7) is 8.27. The number of hydrogen-bond acceptors (Lipinski definition) is 4. The highest BCUT2D eigenvalue weighted by Gasteiger charge is 2.10. The maximum atomic E-state index is 9.98. The first-order chi connectivity index (χ1) is 9.04. The molecule has 0 aromatic heterocycles. The maximum Gasteiger partial charge on any atom is 0.161 e. The molecule has 1 aromatic rings. The number of hydrogen-bond donors (Lipinski definition) is 3. The Morgan fingerprint density at radius 3 is 2.79 bits per heavy atom. The second kappa shape index (κ2) is 7.81. The van der Waals surface area contributed by atoms with Crippen molar-refractivity contribution in [2.24, 2.45) is 0 Å². The van der Waals surface area contributed by atoms with Crippen molar-refractivity contribution >= 4 is 0 Å². The summed E-state index contributed by atoms with van der Waals surface area (Å²) in [6.07, 6.45) is 1.70. The summed E-state index contributed by atoms with van der Waals surface area (Å²) in [4.78, 5) is 0. The van der Waals surface area contributed by atoms with Gasteiger partial charge in [-0.15, -0.1) is 6.58 Å². The van der Waals surface area contributed by atoms with Gasteiger partial charge in [-0.3, -0.25) is 0 Å². The quantitative estimate of drug-likeness (QED) is 0.628. The zero-order valence-corrected chi connectivity index (χ0v) is 11.6. The van der Waals surface area contributed by atoms with E-state index >= 15 is 0 Å². The number of nitrogens with one attached hydrogen (secondary N) is 1. The van der Waals surface area contributed by atoms with Gasteiger partial charge >= 0.3 is 0 Å². The molecule has 4 nitrogen and oxygen atoms in total. The number of benzene rings is 1. The van der Waals surface area contributed by atoms with E-state index in [0.717, 1.165) is 5.56 Å². The van der Waals surface area contributed by atoms with Gasteiger partial charge in [0.2, 0.25) is 0 Å². The number of ether oxygens (including phenoxy) is 1. The van der Waals surface area contributed by atoms with Gasteiger partial charge in [-0.2, -0.15) is 0 Å². The Morgan fingerprint density at radius 2 is 2.16 bits per heavy atom. The molecule has 0 aliphatic heterocycles. The molecule has 0 saturated carbocycles. The molecule has 1 rings (SSSR count). The number of allylic oxidation sites excluding steroid dienone is 1. The Hall–Kier alpha value is -1.52. The van der Waals surface area contributed by atoms with Gasteiger partial charge in [0, 0.05) is 18.2 Å². The largest absolute Gasteiger partial charge is 0.504 e. The Morgan fingerprint density at radius 1 is 1.42 bits per heavy atom. The lowest BCUT2D eigenvalue weighted by molar-refractivity contribution is 0.103. The second-order valence-electron chi connectivity index (χ2n) is 4.78. The lowest BCUT2D eigenvalue weighted by Crippen LogP contribution is -2.35. The molecular formula is C15H23NO3. The topological polar surface area (TPSA) is 61.7 Å². The smallest absolute Gasteiger partial charge is 0.161 e. The average molecular weight is 265 g/mol. The molecule has 4 heteroatoms. The van der Waals surface area contributed by atoms with Gasteiger partial charge in [0.1, 0.15) is 12.7 Å². The van der Waals surface area contributed by atoms with Gasteiger partial charge in [0.25, 0.3) is 0 Å². The van der Waals surface area contributed by atoms with Gasteiger partial charge in [0.15, 0.2) is 11.5 Å². The first-order valence-electron chi connectivity index (χ1n) is 6.50. The van der Waals surface area contributed by atoms with Crippen molar-refractivity contribution < 1.29 is 14.9 Å². The molecule has 0 radical (unpaired) electrons. The number of aromatic hydroxyl groups is 1. The highest BCUT2D eigenvalue weighted by Crippen LogP contribution is 2.30. The predicted octanol–water partition coefficient (Wildman–Crippen LogP) is 1.86. The van der Waals surface area contributed by atoms with E-state index in [1.165, 1.54) is 0 Å². The fourth-order valence-electron chi connectivity index (χ4n) is 1.62. The van der Waals surface area contributed by atoms with E-state index in [4.69, 9.17) is 4.74 Å². The molecule has 3 N–H and O–H groups in total. The van der Waals surface area contributed by atoms with Crippen LogP contribution in [-0.4, -0.2) is 35.5 Å². The first kappa shape index (κ1) is 15.5. The fourth-order valence-corrected chi connectivity index (χ4v) is 1.62. The molecule has 0 amide bonds. The van der Waals surface area contributed by atoms with Crippen molar-refractivity contribution in [1.29, 1.82) is 0 Å². The molecule has 0 spiro atoms. The molecule has 0 saturated heterocycles. The standard InChI is InChI=1S/C15H23NO3/c1-4-6-12-7-5-8-14(15(12)18)19-10-13(17)9-16-11(2)3/h4-5,7-8,11,13,16-18H,1,6,9-10H2,2-3H3. The normalized spacial score (nSPS) is 12.4. The van der Waals surface area contributed by atoms with Crippen LogP contribution >= 0.6 is 0 Å². The summed E-state index contributed by atoms with van der Waals surface area (Å²) in [5.41, 5.74) is 0.766. The van der Waals surface area contributed by atoms with Crippen LogP contribution in [-0.2, 0) is 6.42 Å². The van der Waals surface area contributed by atoms with Crippen LogP contribution in [0.4, 0.5) is 0 Å². The summed E-state index contributed by atoms with van der Waals surface area (Å²) in [5.74, 6) is 0.509. The fraction of sp³-hybridized carbons (Fsp3) is 0.467. The Labute approximate surface area is 114 Å². The average Bonchev–Trinajstić information content (AvgIpc) is 2.37. The van der Waals surface area contributed by atoms with E-state index in [2.05, 4.69) is 11.9 Å². The third-order valence-corrected chi connectivity index (χ3v) is 2.64. The lowest BCUT2D eigenvalue weighted by Gasteiger charge is -2.16. The SMILES string of the molecule is C=CCc1cccc(OCC(O)CNC(C)C)c1O. The summed E-state index contributed by atoms with van der Waals surface area (Å²) in [7, 11) is 0. The Bertz CT molecular complexity index is 404. The molecular weight excluding hydrogens is 242 g/mol. The zero-order chi connectivity index (χ0) is 14.3. The van der Waals surface area contributed by atoms with Crippen molar-refractivity contribution in [2.75, 3.05) is 13.2 Å². The minimum absolute atomic E-state index is 0.117. The highest BCUT2D eigenvalue weighted by molar-refractivity contribution is 5.46. The van der Waals surface area contributed by atoms with Crippen LogP contribution in [0.25, 0.3) is 0 Å². The molecule has 0 fully saturated rings. The number of aliphatic hydroxyl groups excluding tert-OH is 1. The van der Waals surface area contributed by atoms with E-state index in [-0.39, 0.29) is 12.4 Å². The number of rotatable bonds is 8. The Balaban J connectivity index is 2.53. The highest BCUT2D eigenvalue weighted by atomic mass is 16.5. The maximum absolute atomic E-state index is 9.98. The number of para-hydroxylation sites is 1. The molecule has 0 aliphatic carbocycles. The van der Waals surface area contributed by atoms with Crippen LogP contribution < -0.4 is 10.1 Å². The van der Waals surface area contributed by atoms with Crippen LogP contribution in [0, 0.1) is 0 Å². The molecule has 1 aromatic carbocycles. The number of phenols is 1. The lowest BCUT2D eigenvalue weighted by atomic mass is 10.1. The van der Waals surface area contributed by atoms with Gasteiger partial charge in [-0.05, 0) is 12.5 Å². The van der Waals surface area contributed by atoms with Crippen molar-refractivity contribution in [3.05, 3.63) is 36.4 Å². The third kappa shape index (κ3) is 5.32. The van der Waals surface area contributed by atoms with Crippen molar-refractivity contribution in [3.8, 4) is 11.5 Å². The molecule has 0 aliphatic rings. The van der Waals surface area contributed by atoms with Crippen molar-refractivity contribution in [3.63, 3.8) is 0 Å². The summed E-state index contributed by atoms with van der Waals surface area (Å²) < 4.78 is 5.44. The van der Waals surface area contributed by atoms with Gasteiger partial charge < -0.3 is 20.3 Å². The molecule has 0 bridgehead atoms. The molecule has 106 valence electrons. The third-order valence-electron chi connectivity index (χ3n) is 2.64. The van der Waals surface area contributed by atoms with Crippen LogP contribution in [0.3, 0.4) is 0 Å². The van der Waals surface area contributed by atoms with Crippen LogP contribution in [0.15, 0.2) is 30.9 Å². The second-order valence-corrected chi connectivity index (χ2v) is 4.78. The van der Waals surface area contributed by atoms with E-state index in [0.29, 0.717) is 24.8 Å². The van der Waals surface area contributed by atoms with Gasteiger partial charge in [0.05, 0.1) is 0 Å². The molecule has 1 atom stereocenters. The van der Waals surface area contributed by atoms with Crippen molar-refractivity contribution in [1.82, 2.24) is 5.32 Å². The van der Waals surface area contributed by atoms with E-state index in [1.54, 1.807) is 12.1 Å². The minimum atomic E-state index is -0.607. The van der Waals surface area contributed by atoms with Gasteiger partial charge in [-0.25, -0.2) is 0 Å². The predicted molar refractivity (Wildman–Crippen MR) is 76.6 cm³/mol.